The van der Waals surface area contributed by atoms with Gasteiger partial charge in [-0.2, -0.15) is 4.98 Å². The Kier molecular flexibility index (Phi) is 5.81. The molecule has 0 aromatic carbocycles. The van der Waals surface area contributed by atoms with Crippen molar-refractivity contribution >= 4 is 12.0 Å². The second kappa shape index (κ2) is 7.54. The van der Waals surface area contributed by atoms with Crippen LogP contribution in [0.4, 0.5) is 19.4 Å². The Morgan fingerprint density at radius 1 is 1.42 bits per heavy atom. The smallest absolute Gasteiger partial charge is 0.429 e. The average molecular weight is 377 g/mol. The molecule has 0 bridgehead atoms. The lowest BCUT2D eigenvalue weighted by Gasteiger charge is -2.39. The van der Waals surface area contributed by atoms with Crippen LogP contribution < -0.4 is 11.4 Å². The molecule has 5 atom stereocenters. The summed E-state index contributed by atoms with van der Waals surface area (Å²) < 4.78 is 44.7. The van der Waals surface area contributed by atoms with Gasteiger partial charge in [0.2, 0.25) is 0 Å². The van der Waals surface area contributed by atoms with Crippen LogP contribution in [-0.4, -0.2) is 57.6 Å². The lowest BCUT2D eigenvalue weighted by Crippen LogP contribution is -2.56. The van der Waals surface area contributed by atoms with Crippen molar-refractivity contribution in [2.75, 3.05) is 12.3 Å². The third kappa shape index (κ3) is 4.47. The Labute approximate surface area is 147 Å². The Morgan fingerprint density at radius 3 is 2.62 bits per heavy atom. The molecule has 1 aromatic rings. The molecule has 1 saturated heterocycles. The number of hydrogen-bond acceptors (Lipinski definition) is 8. The van der Waals surface area contributed by atoms with Crippen LogP contribution in [0.15, 0.2) is 17.1 Å². The molecular weight excluding hydrogens is 356 g/mol. The number of carbonyl (C=O) groups is 1. The molecule has 0 aliphatic carbocycles. The predicted octanol–water partition coefficient (Wildman–Crippen LogP) is 0.712. The van der Waals surface area contributed by atoms with Gasteiger partial charge in [-0.05, 0) is 26.8 Å². The van der Waals surface area contributed by atoms with Crippen molar-refractivity contribution in [1.29, 1.82) is 0 Å². The first-order valence-electron chi connectivity index (χ1n) is 7.82. The molecule has 9 nitrogen and oxygen atoms in total. The van der Waals surface area contributed by atoms with E-state index in [2.05, 4.69) is 4.98 Å². The number of nitrogens with zero attached hydrogens (tertiary/aromatic N) is 2. The summed E-state index contributed by atoms with van der Waals surface area (Å²) in [7, 11) is 0. The number of aromatic nitrogens is 2. The molecule has 2 heterocycles. The van der Waals surface area contributed by atoms with Crippen LogP contribution in [0.3, 0.4) is 0 Å². The molecule has 0 radical (unpaired) electrons. The Hall–Kier alpha value is -2.27. The highest BCUT2D eigenvalue weighted by atomic mass is 19.2. The maximum Gasteiger partial charge on any atom is 0.509 e. The molecule has 1 fully saturated rings. The zero-order valence-corrected chi connectivity index (χ0v) is 14.5. The van der Waals surface area contributed by atoms with Gasteiger partial charge in [-0.15, -0.1) is 0 Å². The van der Waals surface area contributed by atoms with Crippen LogP contribution in [0.2, 0.25) is 0 Å². The summed E-state index contributed by atoms with van der Waals surface area (Å²) in [5.74, 6) is -0.0980. The number of anilines is 1. The summed E-state index contributed by atoms with van der Waals surface area (Å²) >= 11 is 0. The molecule has 26 heavy (non-hydrogen) atoms. The molecule has 3 N–H and O–H groups in total. The van der Waals surface area contributed by atoms with Gasteiger partial charge >= 0.3 is 11.8 Å². The van der Waals surface area contributed by atoms with E-state index in [0.29, 0.717) is 4.57 Å². The fourth-order valence-electron chi connectivity index (χ4n) is 2.39. The number of aliphatic hydroxyl groups excluding tert-OH is 1. The van der Waals surface area contributed by atoms with E-state index in [1.807, 2.05) is 0 Å². The molecule has 1 unspecified atom stereocenters. The standard InChI is InChI=1S/C15H21F2N3O6/c1-15(2,3)26-14(23)25-11-7(6-21)24-12(10(17)9(11)16)20-5-4-8(18)19-13(20)22/h4-5,7,9-12,21H,6H2,1-3H3,(H2,18,19,22)/t7-,9-,10?,11+,12-/m1/s1. The van der Waals surface area contributed by atoms with Gasteiger partial charge in [0, 0.05) is 6.20 Å². The number of hydrogen-bond donors (Lipinski definition) is 2. The predicted molar refractivity (Wildman–Crippen MR) is 84.8 cm³/mol. The van der Waals surface area contributed by atoms with E-state index in [1.54, 1.807) is 20.8 Å². The minimum atomic E-state index is -2.37. The lowest BCUT2D eigenvalue weighted by atomic mass is 10.0. The molecule has 0 amide bonds. The molecule has 1 aliphatic rings. The highest BCUT2D eigenvalue weighted by Crippen LogP contribution is 2.33. The van der Waals surface area contributed by atoms with Crippen LogP contribution in [-0.2, 0) is 14.2 Å². The quantitative estimate of drug-likeness (QED) is 0.738. The first-order valence-corrected chi connectivity index (χ1v) is 7.82. The molecule has 2 rings (SSSR count). The highest BCUT2D eigenvalue weighted by molar-refractivity contribution is 5.61. The SMILES string of the molecule is CC(C)(C)OC(=O)O[C@@H]1[C@H](F)C(F)[C@H](n2ccc(N)nc2=O)O[C@@H]1CO. The summed E-state index contributed by atoms with van der Waals surface area (Å²) in [5.41, 5.74) is 3.50. The summed E-state index contributed by atoms with van der Waals surface area (Å²) in [6, 6.07) is 1.21. The molecule has 11 heteroatoms. The van der Waals surface area contributed by atoms with Crippen LogP contribution in [0.25, 0.3) is 0 Å². The maximum atomic E-state index is 14.6. The minimum Gasteiger partial charge on any atom is -0.429 e. The number of halogens is 2. The lowest BCUT2D eigenvalue weighted by molar-refractivity contribution is -0.225. The van der Waals surface area contributed by atoms with E-state index < -0.39 is 54.8 Å². The van der Waals surface area contributed by atoms with Gasteiger partial charge in [-0.3, -0.25) is 4.57 Å². The zero-order chi connectivity index (χ0) is 19.6. The second-order valence-electron chi connectivity index (χ2n) is 6.73. The second-order valence-corrected chi connectivity index (χ2v) is 6.73. The molecule has 0 saturated carbocycles. The normalized spacial score (nSPS) is 29.2. The van der Waals surface area contributed by atoms with Crippen molar-refractivity contribution in [1.82, 2.24) is 9.55 Å². The van der Waals surface area contributed by atoms with E-state index in [1.165, 1.54) is 6.07 Å². The third-order valence-corrected chi connectivity index (χ3v) is 3.50. The van der Waals surface area contributed by atoms with Gasteiger partial charge < -0.3 is 25.1 Å². The van der Waals surface area contributed by atoms with E-state index in [9.17, 15) is 23.5 Å². The molecule has 1 aliphatic heterocycles. The molecule has 146 valence electrons. The van der Waals surface area contributed by atoms with Gasteiger partial charge in [0.05, 0.1) is 6.61 Å². The first-order chi connectivity index (χ1) is 12.0. The van der Waals surface area contributed by atoms with E-state index in [4.69, 9.17) is 19.9 Å². The number of nitrogen functional groups attached to an aromatic ring is 1. The van der Waals surface area contributed by atoms with Gasteiger partial charge in [0.15, 0.2) is 24.7 Å². The zero-order valence-electron chi connectivity index (χ0n) is 14.5. The molecule has 1 aromatic heterocycles. The van der Waals surface area contributed by atoms with Crippen LogP contribution in [0.1, 0.15) is 27.0 Å². The summed E-state index contributed by atoms with van der Waals surface area (Å²) in [4.78, 5) is 27.0. The monoisotopic (exact) mass is 377 g/mol. The van der Waals surface area contributed by atoms with Crippen molar-refractivity contribution in [3.8, 4) is 0 Å². The highest BCUT2D eigenvalue weighted by Gasteiger charge is 2.50. The van der Waals surface area contributed by atoms with Crippen LogP contribution in [0.5, 0.6) is 0 Å². The summed E-state index contributed by atoms with van der Waals surface area (Å²) in [5, 5.41) is 9.42. The maximum absolute atomic E-state index is 14.6. The number of rotatable bonds is 3. The summed E-state index contributed by atoms with van der Waals surface area (Å²) in [6.07, 6.45) is -9.75. The van der Waals surface area contributed by atoms with Crippen LogP contribution in [0, 0.1) is 0 Å². The fraction of sp³-hybridized carbons (Fsp3) is 0.667. The van der Waals surface area contributed by atoms with E-state index in [0.717, 1.165) is 6.20 Å². The Balaban J connectivity index is 2.21. The third-order valence-electron chi connectivity index (χ3n) is 3.50. The largest absolute Gasteiger partial charge is 0.509 e. The Morgan fingerprint density at radius 2 is 2.08 bits per heavy atom. The van der Waals surface area contributed by atoms with Gasteiger partial charge in [0.1, 0.15) is 17.5 Å². The fourth-order valence-corrected chi connectivity index (χ4v) is 2.39. The van der Waals surface area contributed by atoms with E-state index in [-0.39, 0.29) is 5.82 Å². The number of carbonyl (C=O) groups excluding carboxylic acids is 1. The number of ether oxygens (including phenoxy) is 3. The van der Waals surface area contributed by atoms with Gasteiger partial charge in [-0.1, -0.05) is 0 Å². The molecule has 0 spiro atoms. The average Bonchev–Trinajstić information content (AvgIpc) is 2.51. The van der Waals surface area contributed by atoms with E-state index >= 15 is 0 Å². The van der Waals surface area contributed by atoms with Crippen molar-refractivity contribution in [2.45, 2.75) is 57.2 Å². The Bertz CT molecular complexity index is 705. The van der Waals surface area contributed by atoms with Gasteiger partial charge in [-0.25, -0.2) is 18.4 Å². The van der Waals surface area contributed by atoms with Crippen molar-refractivity contribution in [2.24, 2.45) is 0 Å². The number of aliphatic hydroxyl groups is 1. The number of alkyl halides is 2. The van der Waals surface area contributed by atoms with Crippen LogP contribution >= 0.6 is 0 Å². The summed E-state index contributed by atoms with van der Waals surface area (Å²) in [6.45, 7) is 3.91. The van der Waals surface area contributed by atoms with Crippen molar-refractivity contribution in [3.63, 3.8) is 0 Å². The minimum absolute atomic E-state index is 0.0980. The van der Waals surface area contributed by atoms with Crippen molar-refractivity contribution in [3.05, 3.63) is 22.7 Å². The topological polar surface area (TPSA) is 126 Å². The van der Waals surface area contributed by atoms with Gasteiger partial charge in [0.25, 0.3) is 0 Å². The van der Waals surface area contributed by atoms with Crippen molar-refractivity contribution < 1.29 is 32.9 Å². The number of nitrogens with two attached hydrogens (primary N) is 1. The molecular formula is C15H21F2N3O6. The first kappa shape index (κ1) is 20.0.